The third-order valence-electron chi connectivity index (χ3n) is 4.91. The summed E-state index contributed by atoms with van der Waals surface area (Å²) in [4.78, 5) is 36.2. The smallest absolute Gasteiger partial charge is 0.343 e. The maximum absolute atomic E-state index is 13.1. The van der Waals surface area contributed by atoms with Crippen LogP contribution in [0, 0.1) is 0 Å². The molecule has 150 valence electrons. The summed E-state index contributed by atoms with van der Waals surface area (Å²) in [7, 11) is -3.72. The molecule has 0 bridgehead atoms. The summed E-state index contributed by atoms with van der Waals surface area (Å²) in [5.41, 5.74) is 2.43. The van der Waals surface area contributed by atoms with Gasteiger partial charge >= 0.3 is 5.97 Å². The Kier molecular flexibility index (Phi) is 4.70. The van der Waals surface area contributed by atoms with E-state index < -0.39 is 21.2 Å². The fraction of sp³-hybridized carbons (Fsp3) is 0.300. The molecule has 2 heterocycles. The molecule has 0 unspecified atom stereocenters. The number of esters is 1. The van der Waals surface area contributed by atoms with Crippen LogP contribution in [0.25, 0.3) is 22.3 Å². The number of hydrogen-bond acceptors (Lipinski definition) is 7. The largest absolute Gasteiger partial charge is 0.462 e. The Morgan fingerprint density at radius 2 is 1.97 bits per heavy atom. The monoisotopic (exact) mass is 413 g/mol. The van der Waals surface area contributed by atoms with Crippen LogP contribution in [0.2, 0.25) is 0 Å². The molecule has 0 aliphatic heterocycles. The van der Waals surface area contributed by atoms with E-state index in [-0.39, 0.29) is 34.1 Å². The zero-order valence-electron chi connectivity index (χ0n) is 16.0. The molecule has 1 aromatic carbocycles. The van der Waals surface area contributed by atoms with Gasteiger partial charge in [-0.05, 0) is 43.4 Å². The number of carbonyl (C=O) groups excluding carboxylic acids is 1. The molecule has 1 N–H and O–H groups in total. The van der Waals surface area contributed by atoms with E-state index in [1.54, 1.807) is 6.92 Å². The number of aromatic nitrogens is 3. The summed E-state index contributed by atoms with van der Waals surface area (Å²) in [5, 5.41) is -0.332. The maximum atomic E-state index is 13.1. The molecule has 0 saturated carbocycles. The lowest BCUT2D eigenvalue weighted by Gasteiger charge is -2.10. The lowest BCUT2D eigenvalue weighted by atomic mass is 10.0. The van der Waals surface area contributed by atoms with Gasteiger partial charge in [0, 0.05) is 18.0 Å². The number of ether oxygens (including phenoxy) is 1. The van der Waals surface area contributed by atoms with Crippen molar-refractivity contribution in [3.63, 3.8) is 0 Å². The maximum Gasteiger partial charge on any atom is 0.343 e. The number of aromatic amines is 1. The number of aryl methyl sites for hydroxylation is 2. The van der Waals surface area contributed by atoms with Crippen LogP contribution < -0.4 is 5.43 Å². The van der Waals surface area contributed by atoms with E-state index in [0.717, 1.165) is 31.1 Å². The number of pyridine rings is 1. The Labute approximate surface area is 166 Å². The Bertz CT molecular complexity index is 1310. The second-order valence-corrected chi connectivity index (χ2v) is 8.85. The Hall–Kier alpha value is -3.07. The van der Waals surface area contributed by atoms with Gasteiger partial charge in [0.05, 0.1) is 17.7 Å². The van der Waals surface area contributed by atoms with Gasteiger partial charge in [-0.3, -0.25) is 4.79 Å². The molecule has 1 aliphatic carbocycles. The number of sulfone groups is 1. The van der Waals surface area contributed by atoms with Crippen molar-refractivity contribution >= 4 is 26.8 Å². The van der Waals surface area contributed by atoms with Crippen LogP contribution in [-0.4, -0.2) is 42.2 Å². The summed E-state index contributed by atoms with van der Waals surface area (Å²) in [6.07, 6.45) is 5.14. The number of rotatable bonds is 4. The van der Waals surface area contributed by atoms with Crippen molar-refractivity contribution in [3.8, 4) is 11.3 Å². The van der Waals surface area contributed by atoms with E-state index in [1.165, 1.54) is 11.8 Å². The van der Waals surface area contributed by atoms with Crippen LogP contribution >= 0.6 is 0 Å². The summed E-state index contributed by atoms with van der Waals surface area (Å²) in [5.74, 6) is -0.761. The lowest BCUT2D eigenvalue weighted by Crippen LogP contribution is -2.20. The fourth-order valence-electron chi connectivity index (χ4n) is 3.55. The van der Waals surface area contributed by atoms with Crippen molar-refractivity contribution in [1.82, 2.24) is 15.0 Å². The number of benzene rings is 1. The molecule has 0 spiro atoms. The zero-order valence-corrected chi connectivity index (χ0v) is 16.8. The molecule has 0 saturated heterocycles. The minimum atomic E-state index is -3.72. The topological polar surface area (TPSA) is 119 Å². The molecule has 29 heavy (non-hydrogen) atoms. The molecule has 0 amide bonds. The number of hydrogen-bond donors (Lipinski definition) is 1. The lowest BCUT2D eigenvalue weighted by molar-refractivity contribution is 0.0524. The van der Waals surface area contributed by atoms with E-state index in [4.69, 9.17) is 4.74 Å². The van der Waals surface area contributed by atoms with Crippen LogP contribution in [-0.2, 0) is 27.4 Å². The summed E-state index contributed by atoms with van der Waals surface area (Å²) < 4.78 is 29.1. The van der Waals surface area contributed by atoms with Crippen molar-refractivity contribution in [3.05, 3.63) is 51.3 Å². The van der Waals surface area contributed by atoms with Crippen LogP contribution in [0.1, 0.15) is 34.8 Å². The molecule has 0 fully saturated rings. The zero-order chi connectivity index (χ0) is 20.8. The first-order chi connectivity index (χ1) is 13.8. The Morgan fingerprint density at radius 3 is 2.69 bits per heavy atom. The average Bonchev–Trinajstić information content (AvgIpc) is 3.14. The highest BCUT2D eigenvalue weighted by Crippen LogP contribution is 2.30. The molecular formula is C20H19N3O5S. The molecule has 3 aromatic rings. The minimum absolute atomic E-state index is 0.0500. The van der Waals surface area contributed by atoms with Gasteiger partial charge in [0.15, 0.2) is 0 Å². The van der Waals surface area contributed by atoms with Crippen LogP contribution in [0.5, 0.6) is 0 Å². The average molecular weight is 413 g/mol. The third-order valence-corrected chi connectivity index (χ3v) is 5.76. The standard InChI is InChI=1S/C20H19N3O5S/c1-3-28-19(25)14-10-21-18-15(17(14)24)16(22-20(23-18)29(2,26)27)13-8-7-11-5-4-6-12(11)9-13/h7-10H,3-6H2,1-2H3,(H,21,22,23,24). The molecule has 8 nitrogen and oxygen atoms in total. The van der Waals surface area contributed by atoms with Gasteiger partial charge in [-0.1, -0.05) is 12.1 Å². The minimum Gasteiger partial charge on any atom is -0.462 e. The fourth-order valence-corrected chi connectivity index (χ4v) is 4.07. The highest BCUT2D eigenvalue weighted by atomic mass is 32.2. The van der Waals surface area contributed by atoms with E-state index in [0.29, 0.717) is 5.56 Å². The number of fused-ring (bicyclic) bond motifs is 2. The van der Waals surface area contributed by atoms with Gasteiger partial charge in [0.2, 0.25) is 20.4 Å². The van der Waals surface area contributed by atoms with Crippen molar-refractivity contribution in [1.29, 1.82) is 0 Å². The van der Waals surface area contributed by atoms with E-state index in [1.807, 2.05) is 18.2 Å². The van der Waals surface area contributed by atoms with Gasteiger partial charge in [-0.25, -0.2) is 18.2 Å². The van der Waals surface area contributed by atoms with Gasteiger partial charge in [-0.2, -0.15) is 4.98 Å². The normalized spacial score (nSPS) is 13.4. The molecule has 1 aliphatic rings. The molecule has 9 heteroatoms. The third kappa shape index (κ3) is 3.42. The quantitative estimate of drug-likeness (QED) is 0.513. The highest BCUT2D eigenvalue weighted by molar-refractivity contribution is 7.90. The van der Waals surface area contributed by atoms with Crippen molar-refractivity contribution in [2.24, 2.45) is 0 Å². The highest BCUT2D eigenvalue weighted by Gasteiger charge is 2.23. The van der Waals surface area contributed by atoms with Gasteiger partial charge < -0.3 is 9.72 Å². The number of carbonyl (C=O) groups is 1. The second-order valence-electron chi connectivity index (χ2n) is 6.94. The number of nitrogens with one attached hydrogen (secondary N) is 1. The van der Waals surface area contributed by atoms with E-state index in [2.05, 4.69) is 15.0 Å². The van der Waals surface area contributed by atoms with E-state index in [9.17, 15) is 18.0 Å². The molecule has 4 rings (SSSR count). The van der Waals surface area contributed by atoms with Crippen LogP contribution in [0.4, 0.5) is 0 Å². The van der Waals surface area contributed by atoms with E-state index >= 15 is 0 Å². The number of H-pyrrole nitrogens is 1. The first kappa shape index (κ1) is 19.3. The Balaban J connectivity index is 2.05. The van der Waals surface area contributed by atoms with Crippen LogP contribution in [0.15, 0.2) is 34.3 Å². The predicted octanol–water partition coefficient (Wildman–Crippen LogP) is 2.05. The van der Waals surface area contributed by atoms with Crippen molar-refractivity contribution in [2.45, 2.75) is 31.3 Å². The molecule has 2 aromatic heterocycles. The molecular weight excluding hydrogens is 394 g/mol. The SMILES string of the molecule is CCOC(=O)c1c[nH]c2nc(S(C)(=O)=O)nc(-c3ccc4c(c3)CCC4)c2c1=O. The first-order valence-electron chi connectivity index (χ1n) is 9.22. The van der Waals surface area contributed by atoms with Crippen molar-refractivity contribution in [2.75, 3.05) is 12.9 Å². The Morgan fingerprint density at radius 1 is 1.21 bits per heavy atom. The van der Waals surface area contributed by atoms with Gasteiger partial charge in [0.25, 0.3) is 0 Å². The molecule has 0 atom stereocenters. The summed E-state index contributed by atoms with van der Waals surface area (Å²) >= 11 is 0. The van der Waals surface area contributed by atoms with Crippen LogP contribution in [0.3, 0.4) is 0 Å². The molecule has 0 radical (unpaired) electrons. The first-order valence-corrected chi connectivity index (χ1v) is 11.1. The van der Waals surface area contributed by atoms with Gasteiger partial charge in [0.1, 0.15) is 11.2 Å². The predicted molar refractivity (Wildman–Crippen MR) is 107 cm³/mol. The van der Waals surface area contributed by atoms with Gasteiger partial charge in [-0.15, -0.1) is 0 Å². The summed E-state index contributed by atoms with van der Waals surface area (Å²) in [6.45, 7) is 1.77. The second kappa shape index (κ2) is 7.07. The number of nitrogens with zero attached hydrogens (tertiary/aromatic N) is 2. The van der Waals surface area contributed by atoms with Crippen molar-refractivity contribution < 1.29 is 17.9 Å². The summed E-state index contributed by atoms with van der Waals surface area (Å²) in [6, 6.07) is 5.70.